The minimum Gasteiger partial charge on any atom is -0.870 e. The van der Waals surface area contributed by atoms with E-state index in [4.69, 9.17) is 11.1 Å². The van der Waals surface area contributed by atoms with E-state index in [1.165, 1.54) is 0 Å². The van der Waals surface area contributed by atoms with Crippen molar-refractivity contribution in [1.29, 1.82) is 5.53 Å². The van der Waals surface area contributed by atoms with Crippen molar-refractivity contribution in [1.82, 2.24) is 0 Å². The maximum atomic E-state index is 7.15. The van der Waals surface area contributed by atoms with Crippen molar-refractivity contribution in [2.24, 2.45) is 10.4 Å². The second-order valence-corrected chi connectivity index (χ2v) is 0.189. The molecule has 0 unspecified atom stereocenters. The van der Waals surface area contributed by atoms with Gasteiger partial charge in [0.2, 0.25) is 0 Å². The molecular weight excluding hydrogens is 95.0 g/mol. The van der Waals surface area contributed by atoms with Gasteiger partial charge in [-0.2, -0.15) is 0 Å². The average Bonchev–Trinajstić information content (AvgIpc) is 1.37. The van der Waals surface area contributed by atoms with E-state index in [2.05, 4.69) is 5.22 Å². The Labute approximate surface area is 56.7 Å². The van der Waals surface area contributed by atoms with E-state index in [9.17, 15) is 0 Å². The fraction of sp³-hybridized carbons (Fsp3) is 0. The standard InChI is InChI=1S/HN4.Na.H2O/c1-3-4-2;;/h1H;;1H2/q-1;+1;/p-1. The van der Waals surface area contributed by atoms with E-state index in [0.29, 0.717) is 0 Å². The molecule has 0 bridgehead atoms. The molecule has 0 spiro atoms. The molecular formula is H2N4NaO-. The van der Waals surface area contributed by atoms with Crippen LogP contribution in [0.2, 0.25) is 0 Å². The molecule has 0 aromatic carbocycles. The van der Waals surface area contributed by atoms with Gasteiger partial charge in [0.15, 0.2) is 0 Å². The SMILES string of the molecule is [N-]=NN=N.[Na+].[OH-]. The summed E-state index contributed by atoms with van der Waals surface area (Å²) in [4.78, 5) is 0. The van der Waals surface area contributed by atoms with Gasteiger partial charge in [-0.3, -0.25) is 16.0 Å². The van der Waals surface area contributed by atoms with Gasteiger partial charge in [-0.25, -0.2) is 0 Å². The molecule has 0 radical (unpaired) electrons. The first-order valence-electron chi connectivity index (χ1n) is 0.624. The van der Waals surface area contributed by atoms with Crippen LogP contribution in [0.25, 0.3) is 5.53 Å². The Kier molecular flexibility index (Phi) is 52.4. The maximum Gasteiger partial charge on any atom is 1.00 e. The number of hydrogen-bond donors (Lipinski definition) is 1. The molecule has 0 aliphatic carbocycles. The van der Waals surface area contributed by atoms with Gasteiger partial charge in [-0.05, 0) is 0 Å². The molecule has 0 saturated carbocycles. The van der Waals surface area contributed by atoms with Gasteiger partial charge in [-0.1, -0.05) is 0 Å². The van der Waals surface area contributed by atoms with Gasteiger partial charge < -0.3 is 11.0 Å². The maximum absolute atomic E-state index is 7.15. The van der Waals surface area contributed by atoms with E-state index in [-0.39, 0.29) is 35.0 Å². The molecule has 0 aromatic rings. The molecule has 6 heteroatoms. The summed E-state index contributed by atoms with van der Waals surface area (Å²) in [6, 6.07) is 0. The van der Waals surface area contributed by atoms with E-state index < -0.39 is 0 Å². The smallest absolute Gasteiger partial charge is 0.870 e. The van der Waals surface area contributed by atoms with Gasteiger partial charge >= 0.3 is 29.6 Å². The van der Waals surface area contributed by atoms with Crippen LogP contribution in [0.5, 0.6) is 0 Å². The van der Waals surface area contributed by atoms with E-state index in [1.807, 2.05) is 5.22 Å². The Hall–Kier alpha value is 0.160. The molecule has 30 valence electrons. The first-order chi connectivity index (χ1) is 1.91. The minimum absolute atomic E-state index is 0. The molecule has 0 aliphatic rings. The molecule has 0 fully saturated rings. The summed E-state index contributed by atoms with van der Waals surface area (Å²) in [7, 11) is 0. The van der Waals surface area contributed by atoms with Crippen LogP contribution < -0.4 is 29.6 Å². The minimum atomic E-state index is 0. The zero-order valence-electron chi connectivity index (χ0n) is 3.29. The average molecular weight is 97.0 g/mol. The van der Waals surface area contributed by atoms with Gasteiger partial charge in [0.05, 0.1) is 0 Å². The van der Waals surface area contributed by atoms with Crippen LogP contribution in [0.3, 0.4) is 0 Å². The van der Waals surface area contributed by atoms with Crippen LogP contribution in [0.4, 0.5) is 0 Å². The van der Waals surface area contributed by atoms with E-state index in [1.54, 1.807) is 0 Å². The molecule has 0 atom stereocenters. The molecule has 0 rings (SSSR count). The molecule has 2 N–H and O–H groups in total. The summed E-state index contributed by atoms with van der Waals surface area (Å²) in [6.45, 7) is 0. The number of rotatable bonds is 1. The largest absolute Gasteiger partial charge is 1.00 e. The molecule has 0 aromatic heterocycles. The summed E-state index contributed by atoms with van der Waals surface area (Å²) in [5.74, 6) is 0. The second-order valence-electron chi connectivity index (χ2n) is 0.189. The third-order valence-corrected chi connectivity index (χ3v) is 0.0447. The first-order valence-corrected chi connectivity index (χ1v) is 0.624. The van der Waals surface area contributed by atoms with Crippen LogP contribution >= 0.6 is 0 Å². The first kappa shape index (κ1) is 16.4. The number of nitrogens with zero attached hydrogens (tertiary/aromatic N) is 3. The third-order valence-electron chi connectivity index (χ3n) is 0.0447. The Morgan fingerprint density at radius 3 is 1.67 bits per heavy atom. The number of nitrogens with one attached hydrogen (secondary N) is 1. The summed E-state index contributed by atoms with van der Waals surface area (Å²) in [5, 5.41) is 4.19. The Balaban J connectivity index is -0.0000000450. The Bertz CT molecular complexity index is 28.5. The second kappa shape index (κ2) is 19.1. The molecule has 0 amide bonds. The van der Waals surface area contributed by atoms with Crippen molar-refractivity contribution in [3.05, 3.63) is 5.53 Å². The number of hydrogen-bond acceptors (Lipinski definition) is 2. The van der Waals surface area contributed by atoms with Crippen molar-refractivity contribution < 1.29 is 35.0 Å². The van der Waals surface area contributed by atoms with Gasteiger partial charge in [0.1, 0.15) is 0 Å². The van der Waals surface area contributed by atoms with Crippen LogP contribution in [0.15, 0.2) is 10.4 Å². The quantitative estimate of drug-likeness (QED) is 0.223. The van der Waals surface area contributed by atoms with Crippen LogP contribution in [-0.4, -0.2) is 5.48 Å². The Morgan fingerprint density at radius 2 is 1.67 bits per heavy atom. The topological polar surface area (TPSA) is 101 Å². The summed E-state index contributed by atoms with van der Waals surface area (Å²) >= 11 is 0. The van der Waals surface area contributed by atoms with Crippen molar-refractivity contribution in [2.75, 3.05) is 0 Å². The van der Waals surface area contributed by atoms with Crippen molar-refractivity contribution in [3.8, 4) is 0 Å². The molecule has 0 aliphatic heterocycles. The fourth-order valence-corrected chi connectivity index (χ4v) is 0. The molecule has 5 nitrogen and oxygen atoms in total. The van der Waals surface area contributed by atoms with Crippen molar-refractivity contribution in [2.45, 2.75) is 0 Å². The molecule has 6 heavy (non-hydrogen) atoms. The zero-order chi connectivity index (χ0) is 3.41. The normalized spacial score (nSPS) is 3.33. The predicted molar refractivity (Wildman–Crippen MR) is 12.9 cm³/mol. The van der Waals surface area contributed by atoms with Crippen molar-refractivity contribution >= 4 is 0 Å². The summed E-state index contributed by atoms with van der Waals surface area (Å²) < 4.78 is 0. The molecule has 0 saturated heterocycles. The van der Waals surface area contributed by atoms with Gasteiger partial charge in [-0.15, -0.1) is 0 Å². The van der Waals surface area contributed by atoms with Crippen molar-refractivity contribution in [3.63, 3.8) is 0 Å². The fourth-order valence-electron chi connectivity index (χ4n) is 0. The predicted octanol–water partition coefficient (Wildman–Crippen LogP) is -2.22. The van der Waals surface area contributed by atoms with E-state index in [0.717, 1.165) is 0 Å². The summed E-state index contributed by atoms with van der Waals surface area (Å²) in [6.07, 6.45) is 0. The third kappa shape index (κ3) is 30.9. The van der Waals surface area contributed by atoms with Crippen LogP contribution in [0, 0.1) is 5.53 Å². The monoisotopic (exact) mass is 97.0 g/mol. The van der Waals surface area contributed by atoms with Crippen LogP contribution in [0.1, 0.15) is 0 Å². The zero-order valence-corrected chi connectivity index (χ0v) is 5.29. The van der Waals surface area contributed by atoms with Crippen LogP contribution in [-0.2, 0) is 0 Å². The van der Waals surface area contributed by atoms with Gasteiger partial charge in [0, 0.05) is 0 Å². The Morgan fingerprint density at radius 1 is 1.50 bits per heavy atom. The molecule has 0 heterocycles. The van der Waals surface area contributed by atoms with Gasteiger partial charge in [0.25, 0.3) is 0 Å². The summed E-state index contributed by atoms with van der Waals surface area (Å²) in [5.41, 5.74) is 12.8. The van der Waals surface area contributed by atoms with E-state index >= 15 is 0 Å².